The Balaban J connectivity index is 2.35. The van der Waals surface area contributed by atoms with E-state index in [2.05, 4.69) is 21.2 Å². The number of hydrogen-bond donors (Lipinski definition) is 2. The summed E-state index contributed by atoms with van der Waals surface area (Å²) in [7, 11) is 3.01. The average molecular weight is 351 g/mol. The minimum absolute atomic E-state index is 0.308. The Labute approximate surface area is 131 Å². The van der Waals surface area contributed by atoms with Gasteiger partial charge in [0.2, 0.25) is 0 Å². The minimum atomic E-state index is -0.308. The van der Waals surface area contributed by atoms with E-state index >= 15 is 0 Å². The summed E-state index contributed by atoms with van der Waals surface area (Å²) in [6.07, 6.45) is 0. The van der Waals surface area contributed by atoms with Gasteiger partial charge in [-0.3, -0.25) is 4.79 Å². The lowest BCUT2D eigenvalue weighted by atomic mass is 10.1. The first-order valence-corrected chi connectivity index (χ1v) is 6.93. The number of methoxy groups -OCH3 is 2. The molecule has 2 aromatic carbocycles. The number of anilines is 2. The molecule has 2 aromatic rings. The van der Waals surface area contributed by atoms with Crippen molar-refractivity contribution in [2.45, 2.75) is 0 Å². The maximum Gasteiger partial charge on any atom is 0.259 e. The molecule has 110 valence electrons. The van der Waals surface area contributed by atoms with Crippen LogP contribution in [0.2, 0.25) is 0 Å². The summed E-state index contributed by atoms with van der Waals surface area (Å²) in [5.74, 6) is 0.575. The Morgan fingerprint density at radius 1 is 1.19 bits per heavy atom. The van der Waals surface area contributed by atoms with Gasteiger partial charge in [-0.25, -0.2) is 0 Å². The van der Waals surface area contributed by atoms with Crippen LogP contribution in [0.4, 0.5) is 11.4 Å². The van der Waals surface area contributed by atoms with Crippen LogP contribution in [0, 0.1) is 0 Å². The summed E-state index contributed by atoms with van der Waals surface area (Å²) in [5, 5.41) is 2.79. The van der Waals surface area contributed by atoms with Crippen LogP contribution in [0.3, 0.4) is 0 Å². The molecule has 21 heavy (non-hydrogen) atoms. The standard InChI is InChI=1S/C15H15BrN2O3/c1-20-13-5-3-4-10(14(13)21-2)15(19)18-12-8-9(17)6-7-11(12)16/h3-8H,17H2,1-2H3,(H,18,19). The fourth-order valence-corrected chi connectivity index (χ4v) is 2.24. The minimum Gasteiger partial charge on any atom is -0.493 e. The zero-order valence-electron chi connectivity index (χ0n) is 11.6. The van der Waals surface area contributed by atoms with Gasteiger partial charge >= 0.3 is 0 Å². The van der Waals surface area contributed by atoms with Crippen LogP contribution in [-0.4, -0.2) is 20.1 Å². The van der Waals surface area contributed by atoms with E-state index in [1.54, 1.807) is 36.4 Å². The molecule has 0 saturated carbocycles. The number of ether oxygens (including phenoxy) is 2. The van der Waals surface area contributed by atoms with Crippen LogP contribution in [0.1, 0.15) is 10.4 Å². The van der Waals surface area contributed by atoms with E-state index in [4.69, 9.17) is 15.2 Å². The van der Waals surface area contributed by atoms with Crippen molar-refractivity contribution in [1.82, 2.24) is 0 Å². The molecule has 0 spiro atoms. The lowest BCUT2D eigenvalue weighted by Crippen LogP contribution is -2.14. The van der Waals surface area contributed by atoms with Crippen molar-refractivity contribution in [2.75, 3.05) is 25.3 Å². The van der Waals surface area contributed by atoms with E-state index in [1.165, 1.54) is 14.2 Å². The summed E-state index contributed by atoms with van der Waals surface area (Å²) in [5.41, 5.74) is 7.26. The van der Waals surface area contributed by atoms with Gasteiger partial charge in [-0.1, -0.05) is 6.07 Å². The molecule has 0 aliphatic heterocycles. The van der Waals surface area contributed by atoms with Gasteiger partial charge in [-0.15, -0.1) is 0 Å². The Bertz CT molecular complexity index is 674. The summed E-state index contributed by atoms with van der Waals surface area (Å²) < 4.78 is 11.2. The molecule has 0 aromatic heterocycles. The van der Waals surface area contributed by atoms with E-state index in [-0.39, 0.29) is 5.91 Å². The third-order valence-corrected chi connectivity index (χ3v) is 3.58. The van der Waals surface area contributed by atoms with Gasteiger partial charge in [0.05, 0.1) is 25.5 Å². The first-order chi connectivity index (χ1) is 10.1. The predicted molar refractivity (Wildman–Crippen MR) is 86.1 cm³/mol. The molecule has 0 atom stereocenters. The maximum atomic E-state index is 12.4. The molecule has 6 heteroatoms. The number of para-hydroxylation sites is 1. The van der Waals surface area contributed by atoms with Crippen LogP contribution in [0.15, 0.2) is 40.9 Å². The largest absolute Gasteiger partial charge is 0.493 e. The Hall–Kier alpha value is -2.21. The van der Waals surface area contributed by atoms with E-state index < -0.39 is 0 Å². The molecule has 1 amide bonds. The van der Waals surface area contributed by atoms with E-state index in [0.29, 0.717) is 28.4 Å². The summed E-state index contributed by atoms with van der Waals surface area (Å²) >= 11 is 3.37. The molecule has 0 fully saturated rings. The van der Waals surface area contributed by atoms with Crippen molar-refractivity contribution in [2.24, 2.45) is 0 Å². The van der Waals surface area contributed by atoms with Gasteiger partial charge < -0.3 is 20.5 Å². The average Bonchev–Trinajstić information content (AvgIpc) is 2.49. The molecule has 0 unspecified atom stereocenters. The number of nitrogens with two attached hydrogens (primary N) is 1. The quantitative estimate of drug-likeness (QED) is 0.829. The Morgan fingerprint density at radius 3 is 2.62 bits per heavy atom. The third kappa shape index (κ3) is 3.28. The second-order valence-electron chi connectivity index (χ2n) is 4.23. The normalized spacial score (nSPS) is 10.0. The first kappa shape index (κ1) is 15.2. The summed E-state index contributed by atoms with van der Waals surface area (Å²) in [4.78, 5) is 12.4. The molecule has 0 aliphatic carbocycles. The van der Waals surface area contributed by atoms with Crippen molar-refractivity contribution >= 4 is 33.2 Å². The first-order valence-electron chi connectivity index (χ1n) is 6.14. The lowest BCUT2D eigenvalue weighted by Gasteiger charge is -2.13. The molecule has 0 aliphatic rings. The smallest absolute Gasteiger partial charge is 0.259 e. The summed E-state index contributed by atoms with van der Waals surface area (Å²) in [6, 6.07) is 10.3. The Morgan fingerprint density at radius 2 is 1.95 bits per heavy atom. The van der Waals surface area contributed by atoms with Gasteiger partial charge in [0.1, 0.15) is 0 Å². The van der Waals surface area contributed by atoms with Crippen LogP contribution in [0.25, 0.3) is 0 Å². The highest BCUT2D eigenvalue weighted by molar-refractivity contribution is 9.10. The van der Waals surface area contributed by atoms with Crippen molar-refractivity contribution in [1.29, 1.82) is 0 Å². The molecular weight excluding hydrogens is 336 g/mol. The molecular formula is C15H15BrN2O3. The molecule has 0 bridgehead atoms. The van der Waals surface area contributed by atoms with Crippen LogP contribution >= 0.6 is 15.9 Å². The maximum absolute atomic E-state index is 12.4. The molecule has 3 N–H and O–H groups in total. The number of carbonyl (C=O) groups excluding carboxylic acids is 1. The van der Waals surface area contributed by atoms with Crippen molar-refractivity contribution < 1.29 is 14.3 Å². The molecule has 0 radical (unpaired) electrons. The molecule has 2 rings (SSSR count). The third-order valence-electron chi connectivity index (χ3n) is 2.89. The number of hydrogen-bond acceptors (Lipinski definition) is 4. The van der Waals surface area contributed by atoms with Crippen molar-refractivity contribution in [3.63, 3.8) is 0 Å². The van der Waals surface area contributed by atoms with Crippen molar-refractivity contribution in [3.05, 3.63) is 46.4 Å². The van der Waals surface area contributed by atoms with Gasteiger partial charge in [0.25, 0.3) is 5.91 Å². The van der Waals surface area contributed by atoms with Crippen LogP contribution in [-0.2, 0) is 0 Å². The van der Waals surface area contributed by atoms with E-state index in [1.807, 2.05) is 0 Å². The van der Waals surface area contributed by atoms with Crippen LogP contribution < -0.4 is 20.5 Å². The second-order valence-corrected chi connectivity index (χ2v) is 5.09. The van der Waals surface area contributed by atoms with Gasteiger partial charge in [-0.2, -0.15) is 0 Å². The molecule has 5 nitrogen and oxygen atoms in total. The molecule has 0 saturated heterocycles. The number of halogens is 1. The lowest BCUT2D eigenvalue weighted by molar-refractivity contribution is 0.102. The van der Waals surface area contributed by atoms with Gasteiger partial charge in [0, 0.05) is 10.2 Å². The second kappa shape index (κ2) is 6.49. The SMILES string of the molecule is COc1cccc(C(=O)Nc2cc(N)ccc2Br)c1OC. The number of nitrogens with one attached hydrogen (secondary N) is 1. The number of rotatable bonds is 4. The number of carbonyl (C=O) groups is 1. The topological polar surface area (TPSA) is 73.6 Å². The van der Waals surface area contributed by atoms with Gasteiger partial charge in [0.15, 0.2) is 11.5 Å². The zero-order chi connectivity index (χ0) is 15.4. The van der Waals surface area contributed by atoms with Crippen molar-refractivity contribution in [3.8, 4) is 11.5 Å². The monoisotopic (exact) mass is 350 g/mol. The highest BCUT2D eigenvalue weighted by atomic mass is 79.9. The number of benzene rings is 2. The molecule has 0 heterocycles. The van der Waals surface area contributed by atoms with E-state index in [9.17, 15) is 4.79 Å². The highest BCUT2D eigenvalue weighted by Crippen LogP contribution is 2.32. The summed E-state index contributed by atoms with van der Waals surface area (Å²) in [6.45, 7) is 0. The van der Waals surface area contributed by atoms with Crippen LogP contribution in [0.5, 0.6) is 11.5 Å². The number of amides is 1. The fourth-order valence-electron chi connectivity index (χ4n) is 1.89. The predicted octanol–water partition coefficient (Wildman–Crippen LogP) is 3.30. The zero-order valence-corrected chi connectivity index (χ0v) is 13.2. The fraction of sp³-hybridized carbons (Fsp3) is 0.133. The Kier molecular flexibility index (Phi) is 4.70. The highest BCUT2D eigenvalue weighted by Gasteiger charge is 2.17. The van der Waals surface area contributed by atoms with E-state index in [0.717, 1.165) is 4.47 Å². The number of nitrogen functional groups attached to an aromatic ring is 1. The van der Waals surface area contributed by atoms with Gasteiger partial charge in [-0.05, 0) is 46.3 Å².